The predicted molar refractivity (Wildman–Crippen MR) is 98.2 cm³/mol. The molecular weight excluding hydrogens is 373 g/mol. The molecule has 0 spiro atoms. The molecule has 2 rings (SSSR count). The van der Waals surface area contributed by atoms with Gasteiger partial charge in [-0.05, 0) is 36.4 Å². The number of rotatable bonds is 8. The fourth-order valence-electron chi connectivity index (χ4n) is 2.06. The van der Waals surface area contributed by atoms with E-state index in [2.05, 4.69) is 5.32 Å². The van der Waals surface area contributed by atoms with E-state index < -0.39 is 24.4 Å². The van der Waals surface area contributed by atoms with E-state index in [4.69, 9.17) is 9.47 Å². The molecule has 142 valence electrons. The number of thioether (sulfide) groups is 1. The molecule has 0 unspecified atom stereocenters. The van der Waals surface area contributed by atoms with Crippen LogP contribution in [0.25, 0.3) is 0 Å². The third-order valence-corrected chi connectivity index (χ3v) is 4.37. The van der Waals surface area contributed by atoms with E-state index in [9.17, 15) is 18.8 Å². The lowest BCUT2D eigenvalue weighted by molar-refractivity contribution is -0.147. The SMILES string of the molecule is COc1ccccc1C(=O)NC(=O)COC(=O)CCSc1ccc(F)cc1. The Kier molecular flexibility index (Phi) is 7.81. The van der Waals surface area contributed by atoms with Gasteiger partial charge in [-0.15, -0.1) is 11.8 Å². The lowest BCUT2D eigenvalue weighted by Crippen LogP contribution is -2.34. The average molecular weight is 391 g/mol. The van der Waals surface area contributed by atoms with E-state index in [1.165, 1.54) is 37.1 Å². The van der Waals surface area contributed by atoms with Crippen LogP contribution in [0, 0.1) is 5.82 Å². The summed E-state index contributed by atoms with van der Waals surface area (Å²) in [6.07, 6.45) is 0.0791. The van der Waals surface area contributed by atoms with Crippen molar-refractivity contribution in [3.8, 4) is 5.75 Å². The summed E-state index contributed by atoms with van der Waals surface area (Å²) in [5, 5.41) is 2.14. The highest BCUT2D eigenvalue weighted by Gasteiger charge is 2.15. The summed E-state index contributed by atoms with van der Waals surface area (Å²) in [7, 11) is 1.42. The molecule has 0 aliphatic rings. The number of ether oxygens (including phenoxy) is 2. The number of amides is 2. The molecule has 2 aromatic rings. The largest absolute Gasteiger partial charge is 0.496 e. The van der Waals surface area contributed by atoms with E-state index in [-0.39, 0.29) is 17.8 Å². The monoisotopic (exact) mass is 391 g/mol. The van der Waals surface area contributed by atoms with Crippen LogP contribution in [0.5, 0.6) is 5.75 Å². The smallest absolute Gasteiger partial charge is 0.307 e. The maximum atomic E-state index is 12.8. The van der Waals surface area contributed by atoms with Crippen LogP contribution in [0.4, 0.5) is 4.39 Å². The Balaban J connectivity index is 1.70. The standard InChI is InChI=1S/C19H18FNO5S/c1-25-16-5-3-2-4-15(16)19(24)21-17(22)12-26-18(23)10-11-27-14-8-6-13(20)7-9-14/h2-9H,10-12H2,1H3,(H,21,22,24). The van der Waals surface area contributed by atoms with Gasteiger partial charge in [-0.25, -0.2) is 4.39 Å². The van der Waals surface area contributed by atoms with Crippen molar-refractivity contribution in [2.24, 2.45) is 0 Å². The Labute approximate surface area is 160 Å². The van der Waals surface area contributed by atoms with E-state index >= 15 is 0 Å². The lowest BCUT2D eigenvalue weighted by atomic mass is 10.2. The second-order valence-corrected chi connectivity index (χ2v) is 6.46. The number of carbonyl (C=O) groups is 3. The number of para-hydroxylation sites is 1. The number of esters is 1. The Morgan fingerprint density at radius 2 is 1.78 bits per heavy atom. The van der Waals surface area contributed by atoms with Gasteiger partial charge in [-0.2, -0.15) is 0 Å². The molecule has 2 aromatic carbocycles. The van der Waals surface area contributed by atoms with E-state index in [0.717, 1.165) is 4.90 Å². The van der Waals surface area contributed by atoms with Crippen LogP contribution in [0.1, 0.15) is 16.8 Å². The van der Waals surface area contributed by atoms with Gasteiger partial charge in [0.15, 0.2) is 6.61 Å². The van der Waals surface area contributed by atoms with Crippen molar-refractivity contribution < 1.29 is 28.2 Å². The van der Waals surface area contributed by atoms with Crippen molar-refractivity contribution in [2.45, 2.75) is 11.3 Å². The number of carbonyl (C=O) groups excluding carboxylic acids is 3. The second-order valence-electron chi connectivity index (χ2n) is 5.29. The predicted octanol–water partition coefficient (Wildman–Crippen LogP) is 2.82. The van der Waals surface area contributed by atoms with Gasteiger partial charge in [0.2, 0.25) is 0 Å². The van der Waals surface area contributed by atoms with Gasteiger partial charge < -0.3 is 9.47 Å². The fourth-order valence-corrected chi connectivity index (χ4v) is 2.90. The first-order valence-corrected chi connectivity index (χ1v) is 8.99. The van der Waals surface area contributed by atoms with Crippen molar-refractivity contribution in [1.82, 2.24) is 5.32 Å². The minimum atomic E-state index is -0.731. The Morgan fingerprint density at radius 3 is 2.48 bits per heavy atom. The van der Waals surface area contributed by atoms with Crippen LogP contribution in [-0.2, 0) is 14.3 Å². The van der Waals surface area contributed by atoms with Gasteiger partial charge >= 0.3 is 5.97 Å². The van der Waals surface area contributed by atoms with E-state index in [1.54, 1.807) is 30.3 Å². The van der Waals surface area contributed by atoms with Crippen LogP contribution in [0.15, 0.2) is 53.4 Å². The highest BCUT2D eigenvalue weighted by molar-refractivity contribution is 7.99. The summed E-state index contributed by atoms with van der Waals surface area (Å²) in [4.78, 5) is 36.3. The maximum absolute atomic E-state index is 12.8. The first-order valence-electron chi connectivity index (χ1n) is 8.01. The number of benzene rings is 2. The van der Waals surface area contributed by atoms with Crippen molar-refractivity contribution >= 4 is 29.5 Å². The van der Waals surface area contributed by atoms with Crippen molar-refractivity contribution in [3.05, 3.63) is 59.9 Å². The number of hydrogen-bond donors (Lipinski definition) is 1. The molecule has 6 nitrogen and oxygen atoms in total. The third kappa shape index (κ3) is 6.74. The van der Waals surface area contributed by atoms with Gasteiger partial charge in [0.1, 0.15) is 11.6 Å². The third-order valence-electron chi connectivity index (χ3n) is 3.36. The van der Waals surface area contributed by atoms with Gasteiger partial charge in [-0.1, -0.05) is 12.1 Å². The first-order chi connectivity index (χ1) is 13.0. The van der Waals surface area contributed by atoms with Crippen LogP contribution in [0.3, 0.4) is 0 Å². The summed E-state index contributed by atoms with van der Waals surface area (Å²) in [5.41, 5.74) is 0.204. The molecule has 0 aromatic heterocycles. The molecule has 0 aliphatic heterocycles. The van der Waals surface area contributed by atoms with Gasteiger partial charge in [-0.3, -0.25) is 19.7 Å². The number of imide groups is 1. The minimum absolute atomic E-state index is 0.0791. The summed E-state index contributed by atoms with van der Waals surface area (Å²) in [5.74, 6) is -1.51. The summed E-state index contributed by atoms with van der Waals surface area (Å²) < 4.78 is 22.7. The molecule has 0 bridgehead atoms. The van der Waals surface area contributed by atoms with Crippen LogP contribution < -0.4 is 10.1 Å². The van der Waals surface area contributed by atoms with Crippen LogP contribution in [-0.4, -0.2) is 37.3 Å². The number of nitrogens with one attached hydrogen (secondary N) is 1. The summed E-state index contributed by atoms with van der Waals surface area (Å²) in [6, 6.07) is 12.3. The number of methoxy groups -OCH3 is 1. The van der Waals surface area contributed by atoms with Gasteiger partial charge in [0.05, 0.1) is 19.1 Å². The number of hydrogen-bond acceptors (Lipinski definition) is 6. The molecule has 0 saturated carbocycles. The molecule has 0 atom stereocenters. The van der Waals surface area contributed by atoms with E-state index in [0.29, 0.717) is 11.5 Å². The fraction of sp³-hybridized carbons (Fsp3) is 0.211. The molecular formula is C19H18FNO5S. The topological polar surface area (TPSA) is 81.7 Å². The zero-order valence-electron chi connectivity index (χ0n) is 14.6. The maximum Gasteiger partial charge on any atom is 0.307 e. The molecule has 0 radical (unpaired) electrons. The van der Waals surface area contributed by atoms with E-state index in [1.807, 2.05) is 0 Å². The zero-order chi connectivity index (χ0) is 19.6. The molecule has 0 aliphatic carbocycles. The Morgan fingerprint density at radius 1 is 1.07 bits per heavy atom. The zero-order valence-corrected chi connectivity index (χ0v) is 15.4. The first kappa shape index (κ1) is 20.4. The molecule has 0 saturated heterocycles. The molecule has 0 fully saturated rings. The molecule has 27 heavy (non-hydrogen) atoms. The van der Waals surface area contributed by atoms with Crippen molar-refractivity contribution in [1.29, 1.82) is 0 Å². The molecule has 0 heterocycles. The average Bonchev–Trinajstić information content (AvgIpc) is 2.67. The second kappa shape index (κ2) is 10.3. The summed E-state index contributed by atoms with van der Waals surface area (Å²) >= 11 is 1.37. The normalized spacial score (nSPS) is 10.1. The van der Waals surface area contributed by atoms with Crippen molar-refractivity contribution in [2.75, 3.05) is 19.5 Å². The highest BCUT2D eigenvalue weighted by Crippen LogP contribution is 2.19. The minimum Gasteiger partial charge on any atom is -0.496 e. The molecule has 2 amide bonds. The lowest BCUT2D eigenvalue weighted by Gasteiger charge is -2.08. The molecule has 1 N–H and O–H groups in total. The van der Waals surface area contributed by atoms with Crippen molar-refractivity contribution in [3.63, 3.8) is 0 Å². The van der Waals surface area contributed by atoms with Gasteiger partial charge in [0, 0.05) is 10.6 Å². The van der Waals surface area contributed by atoms with Gasteiger partial charge in [0.25, 0.3) is 11.8 Å². The molecule has 8 heteroatoms. The van der Waals surface area contributed by atoms with Crippen LogP contribution in [0.2, 0.25) is 0 Å². The highest BCUT2D eigenvalue weighted by atomic mass is 32.2. The quantitative estimate of drug-likeness (QED) is 0.551. The number of halogens is 1. The Hall–Kier alpha value is -2.87. The Bertz CT molecular complexity index is 810. The van der Waals surface area contributed by atoms with Crippen LogP contribution >= 0.6 is 11.8 Å². The summed E-state index contributed by atoms with van der Waals surface area (Å²) in [6.45, 7) is -0.555.